The third kappa shape index (κ3) is 1.80. The van der Waals surface area contributed by atoms with Gasteiger partial charge in [0.25, 0.3) is 0 Å². The number of likely N-dealkylation sites (N-methyl/N-ethyl adjacent to an activating group) is 1. The first kappa shape index (κ1) is 11.0. The standard InChI is InChI=1S/C12H13N3O3/c1-15-5-7(6-15)18-10-3-2-9-11(14-10)8(4-13-9)12(16)17/h2-4,7,13H,5-6H2,1H3,(H,16,17). The molecule has 6 heteroatoms. The van der Waals surface area contributed by atoms with Gasteiger partial charge in [0.1, 0.15) is 17.2 Å². The Morgan fingerprint density at radius 3 is 3.00 bits per heavy atom. The van der Waals surface area contributed by atoms with Crippen molar-refractivity contribution in [3.63, 3.8) is 0 Å². The lowest BCUT2D eigenvalue weighted by molar-refractivity contribution is 0.0358. The Morgan fingerprint density at radius 1 is 1.56 bits per heavy atom. The van der Waals surface area contributed by atoms with Crippen LogP contribution in [0.25, 0.3) is 11.0 Å². The number of hydrogen-bond donors (Lipinski definition) is 2. The van der Waals surface area contributed by atoms with E-state index in [2.05, 4.69) is 14.9 Å². The third-order valence-corrected chi connectivity index (χ3v) is 3.05. The molecule has 0 aliphatic carbocycles. The molecule has 0 aromatic carbocycles. The van der Waals surface area contributed by atoms with Crippen molar-refractivity contribution in [2.45, 2.75) is 6.10 Å². The van der Waals surface area contributed by atoms with Gasteiger partial charge in [-0.1, -0.05) is 0 Å². The van der Waals surface area contributed by atoms with Crippen LogP contribution in [0.5, 0.6) is 5.88 Å². The van der Waals surface area contributed by atoms with Gasteiger partial charge < -0.3 is 14.8 Å². The molecule has 0 unspecified atom stereocenters. The number of hydrogen-bond acceptors (Lipinski definition) is 4. The number of aromatic nitrogens is 2. The number of likely N-dealkylation sites (tertiary alicyclic amines) is 1. The highest BCUT2D eigenvalue weighted by Crippen LogP contribution is 2.21. The molecule has 0 spiro atoms. The maximum Gasteiger partial charge on any atom is 0.339 e. The number of nitrogens with zero attached hydrogens (tertiary/aromatic N) is 2. The molecule has 1 aliphatic rings. The lowest BCUT2D eigenvalue weighted by Crippen LogP contribution is -2.51. The monoisotopic (exact) mass is 247 g/mol. The van der Waals surface area contributed by atoms with Crippen LogP contribution in [0.1, 0.15) is 10.4 Å². The van der Waals surface area contributed by atoms with Crippen LogP contribution >= 0.6 is 0 Å². The van der Waals surface area contributed by atoms with Gasteiger partial charge in [-0.25, -0.2) is 9.78 Å². The summed E-state index contributed by atoms with van der Waals surface area (Å²) in [6, 6.07) is 3.54. The Balaban J connectivity index is 1.89. The second-order valence-corrected chi connectivity index (χ2v) is 4.51. The van der Waals surface area contributed by atoms with E-state index in [0.717, 1.165) is 13.1 Å². The number of carboxylic acids is 1. The van der Waals surface area contributed by atoms with Crippen molar-refractivity contribution in [1.29, 1.82) is 0 Å². The molecule has 2 aromatic heterocycles. The average molecular weight is 247 g/mol. The van der Waals surface area contributed by atoms with Gasteiger partial charge in [0, 0.05) is 25.4 Å². The molecule has 1 fully saturated rings. The smallest absolute Gasteiger partial charge is 0.339 e. The van der Waals surface area contributed by atoms with Crippen LogP contribution in [0.4, 0.5) is 0 Å². The van der Waals surface area contributed by atoms with Gasteiger partial charge >= 0.3 is 5.97 Å². The van der Waals surface area contributed by atoms with E-state index in [1.165, 1.54) is 6.20 Å². The minimum atomic E-state index is -0.991. The number of aromatic carboxylic acids is 1. The Hall–Kier alpha value is -2.08. The summed E-state index contributed by atoms with van der Waals surface area (Å²) in [6.45, 7) is 1.75. The predicted octanol–water partition coefficient (Wildman–Crippen LogP) is 0.954. The quantitative estimate of drug-likeness (QED) is 0.844. The van der Waals surface area contributed by atoms with E-state index in [1.807, 2.05) is 7.05 Å². The number of carbonyl (C=O) groups is 1. The summed E-state index contributed by atoms with van der Waals surface area (Å²) in [6.07, 6.45) is 1.59. The van der Waals surface area contributed by atoms with Crippen LogP contribution in [-0.4, -0.2) is 52.2 Å². The van der Waals surface area contributed by atoms with E-state index in [-0.39, 0.29) is 11.7 Å². The molecule has 1 saturated heterocycles. The second-order valence-electron chi connectivity index (χ2n) is 4.51. The molecule has 3 rings (SSSR count). The van der Waals surface area contributed by atoms with Crippen molar-refractivity contribution in [2.24, 2.45) is 0 Å². The average Bonchev–Trinajstić information content (AvgIpc) is 2.70. The molecule has 0 radical (unpaired) electrons. The Kier molecular flexibility index (Phi) is 2.45. The zero-order valence-corrected chi connectivity index (χ0v) is 9.88. The molecule has 0 atom stereocenters. The largest absolute Gasteiger partial charge is 0.478 e. The summed E-state index contributed by atoms with van der Waals surface area (Å²) < 4.78 is 5.67. The normalized spacial score (nSPS) is 16.7. The molecular formula is C12H13N3O3. The number of carboxylic acid groups (broad SMARTS) is 1. The number of fused-ring (bicyclic) bond motifs is 1. The number of pyridine rings is 1. The first-order chi connectivity index (χ1) is 8.63. The van der Waals surface area contributed by atoms with Crippen molar-refractivity contribution in [1.82, 2.24) is 14.9 Å². The minimum Gasteiger partial charge on any atom is -0.478 e. The first-order valence-corrected chi connectivity index (χ1v) is 5.70. The SMILES string of the molecule is CN1CC(Oc2ccc3[nH]cc(C(=O)O)c3n2)C1. The molecule has 2 aromatic rings. The van der Waals surface area contributed by atoms with E-state index in [1.54, 1.807) is 12.1 Å². The van der Waals surface area contributed by atoms with Crippen LogP contribution in [0, 0.1) is 0 Å². The van der Waals surface area contributed by atoms with Crippen LogP contribution in [0.3, 0.4) is 0 Å². The van der Waals surface area contributed by atoms with Crippen LogP contribution < -0.4 is 4.74 Å². The Morgan fingerprint density at radius 2 is 2.33 bits per heavy atom. The number of nitrogens with one attached hydrogen (secondary N) is 1. The number of rotatable bonds is 3. The van der Waals surface area contributed by atoms with Crippen LogP contribution in [0.2, 0.25) is 0 Å². The Labute approximate surface area is 103 Å². The topological polar surface area (TPSA) is 78.5 Å². The van der Waals surface area contributed by atoms with E-state index in [4.69, 9.17) is 9.84 Å². The van der Waals surface area contributed by atoms with Crippen LogP contribution in [-0.2, 0) is 0 Å². The van der Waals surface area contributed by atoms with Gasteiger partial charge in [-0.05, 0) is 13.1 Å². The summed E-state index contributed by atoms with van der Waals surface area (Å²) in [5.41, 5.74) is 1.30. The fraction of sp³-hybridized carbons (Fsp3) is 0.333. The van der Waals surface area contributed by atoms with Gasteiger partial charge in [-0.3, -0.25) is 4.90 Å². The minimum absolute atomic E-state index is 0.146. The summed E-state index contributed by atoms with van der Waals surface area (Å²) in [5, 5.41) is 9.03. The summed E-state index contributed by atoms with van der Waals surface area (Å²) in [4.78, 5) is 20.3. The van der Waals surface area contributed by atoms with Gasteiger partial charge in [0.2, 0.25) is 5.88 Å². The van der Waals surface area contributed by atoms with Gasteiger partial charge in [0.15, 0.2) is 0 Å². The van der Waals surface area contributed by atoms with Gasteiger partial charge in [0.05, 0.1) is 5.52 Å². The molecule has 94 valence electrons. The van der Waals surface area contributed by atoms with Crippen molar-refractivity contribution in [2.75, 3.05) is 20.1 Å². The van der Waals surface area contributed by atoms with Gasteiger partial charge in [-0.15, -0.1) is 0 Å². The van der Waals surface area contributed by atoms with Gasteiger partial charge in [-0.2, -0.15) is 0 Å². The summed E-state index contributed by atoms with van der Waals surface area (Å²) in [7, 11) is 2.02. The maximum absolute atomic E-state index is 11.0. The van der Waals surface area contributed by atoms with E-state index in [0.29, 0.717) is 16.9 Å². The Bertz CT molecular complexity index is 602. The molecule has 18 heavy (non-hydrogen) atoms. The van der Waals surface area contributed by atoms with Crippen molar-refractivity contribution >= 4 is 17.0 Å². The zero-order chi connectivity index (χ0) is 12.7. The molecule has 0 amide bonds. The molecule has 1 aliphatic heterocycles. The van der Waals surface area contributed by atoms with Crippen molar-refractivity contribution < 1.29 is 14.6 Å². The lowest BCUT2D eigenvalue weighted by Gasteiger charge is -2.35. The van der Waals surface area contributed by atoms with Crippen molar-refractivity contribution in [3.8, 4) is 5.88 Å². The maximum atomic E-state index is 11.0. The second kappa shape index (κ2) is 3.99. The molecule has 0 saturated carbocycles. The zero-order valence-electron chi connectivity index (χ0n) is 9.88. The fourth-order valence-electron chi connectivity index (χ4n) is 2.10. The molecule has 3 heterocycles. The summed E-state index contributed by atoms with van der Waals surface area (Å²) >= 11 is 0. The number of H-pyrrole nitrogens is 1. The number of aromatic amines is 1. The van der Waals surface area contributed by atoms with E-state index < -0.39 is 5.97 Å². The number of ether oxygens (including phenoxy) is 1. The molecule has 0 bridgehead atoms. The lowest BCUT2D eigenvalue weighted by atomic mass is 10.2. The third-order valence-electron chi connectivity index (χ3n) is 3.05. The first-order valence-electron chi connectivity index (χ1n) is 5.70. The molecular weight excluding hydrogens is 234 g/mol. The fourth-order valence-corrected chi connectivity index (χ4v) is 2.10. The molecule has 2 N–H and O–H groups in total. The predicted molar refractivity (Wildman–Crippen MR) is 65.0 cm³/mol. The highest BCUT2D eigenvalue weighted by atomic mass is 16.5. The molecule has 6 nitrogen and oxygen atoms in total. The van der Waals surface area contributed by atoms with E-state index >= 15 is 0 Å². The van der Waals surface area contributed by atoms with Crippen LogP contribution in [0.15, 0.2) is 18.3 Å². The highest BCUT2D eigenvalue weighted by Gasteiger charge is 2.25. The van der Waals surface area contributed by atoms with E-state index in [9.17, 15) is 4.79 Å². The highest BCUT2D eigenvalue weighted by molar-refractivity contribution is 6.01. The van der Waals surface area contributed by atoms with Crippen molar-refractivity contribution in [3.05, 3.63) is 23.9 Å². The summed E-state index contributed by atoms with van der Waals surface area (Å²) in [5.74, 6) is -0.517.